The Labute approximate surface area is 166 Å². The third-order valence-electron chi connectivity index (χ3n) is 3.71. The van der Waals surface area contributed by atoms with Crippen LogP contribution in [0.5, 0.6) is 0 Å². The molecule has 0 aliphatic carbocycles. The van der Waals surface area contributed by atoms with Crippen LogP contribution in [0.3, 0.4) is 0 Å². The fraction of sp³-hybridized carbons (Fsp3) is 0.750. The Bertz CT molecular complexity index is 490. The second kappa shape index (κ2) is 10.8. The van der Waals surface area contributed by atoms with E-state index >= 15 is 0 Å². The summed E-state index contributed by atoms with van der Waals surface area (Å²) in [5.41, 5.74) is 0. The van der Waals surface area contributed by atoms with Crippen LogP contribution in [0.1, 0.15) is 37.1 Å². The van der Waals surface area contributed by atoms with Crippen molar-refractivity contribution in [1.82, 2.24) is 15.2 Å². The minimum absolute atomic E-state index is 0. The molecule has 0 bridgehead atoms. The number of rotatable bonds is 5. The average Bonchev–Trinajstić information content (AvgIpc) is 2.95. The molecule has 0 saturated carbocycles. The van der Waals surface area contributed by atoms with Gasteiger partial charge in [0.1, 0.15) is 0 Å². The van der Waals surface area contributed by atoms with E-state index in [4.69, 9.17) is 0 Å². The summed E-state index contributed by atoms with van der Waals surface area (Å²) in [5.74, 6) is 2.88. The van der Waals surface area contributed by atoms with Gasteiger partial charge in [-0.05, 0) is 12.3 Å². The molecule has 1 aromatic rings. The zero-order valence-electron chi connectivity index (χ0n) is 14.5. The maximum atomic E-state index is 4.52. The van der Waals surface area contributed by atoms with E-state index in [-0.39, 0.29) is 24.0 Å². The fourth-order valence-electron chi connectivity index (χ4n) is 2.53. The Balaban J connectivity index is 0.00000264. The van der Waals surface area contributed by atoms with Crippen LogP contribution in [-0.4, -0.2) is 47.0 Å². The quantitative estimate of drug-likeness (QED) is 0.405. The summed E-state index contributed by atoms with van der Waals surface area (Å²) < 4.78 is 0. The van der Waals surface area contributed by atoms with Crippen LogP contribution < -0.4 is 5.32 Å². The Morgan fingerprint density at radius 3 is 2.96 bits per heavy atom. The van der Waals surface area contributed by atoms with E-state index in [9.17, 15) is 0 Å². The molecule has 132 valence electrons. The van der Waals surface area contributed by atoms with E-state index in [1.54, 1.807) is 0 Å². The van der Waals surface area contributed by atoms with Gasteiger partial charge in [-0.15, -0.1) is 35.3 Å². The van der Waals surface area contributed by atoms with E-state index in [2.05, 4.69) is 52.7 Å². The summed E-state index contributed by atoms with van der Waals surface area (Å²) in [6.45, 7) is 9.75. The maximum absolute atomic E-state index is 4.52. The average molecular weight is 468 g/mol. The molecular weight excluding hydrogens is 439 g/mol. The molecule has 1 aromatic heterocycles. The number of aliphatic imine (C=N–C) groups is 1. The molecule has 1 N–H and O–H groups in total. The Kier molecular flexibility index (Phi) is 9.84. The molecular formula is C16H29IN4S2. The van der Waals surface area contributed by atoms with Crippen molar-refractivity contribution in [3.05, 3.63) is 16.1 Å². The van der Waals surface area contributed by atoms with Gasteiger partial charge >= 0.3 is 0 Å². The van der Waals surface area contributed by atoms with Crippen molar-refractivity contribution in [1.29, 1.82) is 0 Å². The molecule has 0 aromatic carbocycles. The van der Waals surface area contributed by atoms with E-state index < -0.39 is 0 Å². The second-order valence-electron chi connectivity index (χ2n) is 6.07. The number of thiazole rings is 1. The Morgan fingerprint density at radius 2 is 2.30 bits per heavy atom. The van der Waals surface area contributed by atoms with Gasteiger partial charge < -0.3 is 10.2 Å². The second-order valence-corrected chi connectivity index (χ2v) is 8.67. The summed E-state index contributed by atoms with van der Waals surface area (Å²) in [6, 6.07) is 0. The predicted octanol–water partition coefficient (Wildman–Crippen LogP) is 3.86. The van der Waals surface area contributed by atoms with Crippen molar-refractivity contribution in [3.63, 3.8) is 0 Å². The molecule has 1 aliphatic heterocycles. The van der Waals surface area contributed by atoms with E-state index in [1.807, 2.05) is 24.6 Å². The van der Waals surface area contributed by atoms with Gasteiger partial charge in [-0.25, -0.2) is 4.98 Å². The van der Waals surface area contributed by atoms with Crippen molar-refractivity contribution in [2.45, 2.75) is 45.4 Å². The molecule has 23 heavy (non-hydrogen) atoms. The molecule has 0 amide bonds. The standard InChI is InChI=1S/C16H28N4S2.HI/c1-5-13-11-20(6-7-21-13)16(17-4)19-10-14-9-18-15(22-14)8-12(2)3;/h9,12-13H,5-8,10-11H2,1-4H3,(H,17,19);1H. The van der Waals surface area contributed by atoms with Gasteiger partial charge in [0.2, 0.25) is 0 Å². The van der Waals surface area contributed by atoms with Crippen LogP contribution in [0.4, 0.5) is 0 Å². The Hall–Kier alpha value is -0.0200. The first-order chi connectivity index (χ1) is 10.6. The van der Waals surface area contributed by atoms with Gasteiger partial charge in [-0.3, -0.25) is 4.99 Å². The fourth-order valence-corrected chi connectivity index (χ4v) is 4.79. The zero-order valence-corrected chi connectivity index (χ0v) is 18.5. The molecule has 1 fully saturated rings. The number of guanidine groups is 1. The van der Waals surface area contributed by atoms with Crippen molar-refractivity contribution >= 4 is 53.0 Å². The third kappa shape index (κ3) is 6.78. The summed E-state index contributed by atoms with van der Waals surface area (Å²) in [5, 5.41) is 5.47. The number of hydrogen-bond donors (Lipinski definition) is 1. The molecule has 0 radical (unpaired) electrons. The highest BCUT2D eigenvalue weighted by Crippen LogP contribution is 2.21. The van der Waals surface area contributed by atoms with Crippen LogP contribution >= 0.6 is 47.1 Å². The first-order valence-electron chi connectivity index (χ1n) is 8.13. The third-order valence-corrected chi connectivity index (χ3v) is 6.10. The van der Waals surface area contributed by atoms with Gasteiger partial charge in [0.15, 0.2) is 5.96 Å². The Morgan fingerprint density at radius 1 is 1.52 bits per heavy atom. The molecule has 2 heterocycles. The highest BCUT2D eigenvalue weighted by atomic mass is 127. The first kappa shape index (κ1) is 21.0. The van der Waals surface area contributed by atoms with Crippen LogP contribution in [0, 0.1) is 5.92 Å². The molecule has 2 rings (SSSR count). The summed E-state index contributed by atoms with van der Waals surface area (Å²) in [4.78, 5) is 12.7. The van der Waals surface area contributed by atoms with Gasteiger partial charge in [0.05, 0.1) is 11.6 Å². The predicted molar refractivity (Wildman–Crippen MR) is 114 cm³/mol. The van der Waals surface area contributed by atoms with Gasteiger partial charge in [-0.1, -0.05) is 20.8 Å². The molecule has 1 atom stereocenters. The SMILES string of the molecule is CCC1CN(C(=NC)NCc2cnc(CC(C)C)s2)CCS1.I. The molecule has 1 saturated heterocycles. The highest BCUT2D eigenvalue weighted by Gasteiger charge is 2.21. The van der Waals surface area contributed by atoms with Crippen molar-refractivity contribution in [2.24, 2.45) is 10.9 Å². The van der Waals surface area contributed by atoms with Crippen LogP contribution in [-0.2, 0) is 13.0 Å². The molecule has 1 aliphatic rings. The normalized spacial score (nSPS) is 18.9. The largest absolute Gasteiger partial charge is 0.351 e. The lowest BCUT2D eigenvalue weighted by Gasteiger charge is -2.34. The van der Waals surface area contributed by atoms with Crippen LogP contribution in [0.25, 0.3) is 0 Å². The molecule has 0 spiro atoms. The number of hydrogen-bond acceptors (Lipinski definition) is 4. The summed E-state index contributed by atoms with van der Waals surface area (Å²) in [7, 11) is 1.88. The molecule has 1 unspecified atom stereocenters. The van der Waals surface area contributed by atoms with Crippen molar-refractivity contribution in [3.8, 4) is 0 Å². The van der Waals surface area contributed by atoms with E-state index in [0.29, 0.717) is 5.92 Å². The van der Waals surface area contributed by atoms with Crippen LogP contribution in [0.2, 0.25) is 0 Å². The number of nitrogens with one attached hydrogen (secondary N) is 1. The lowest BCUT2D eigenvalue weighted by atomic mass is 10.1. The zero-order chi connectivity index (χ0) is 15.9. The lowest BCUT2D eigenvalue weighted by Crippen LogP contribution is -2.47. The summed E-state index contributed by atoms with van der Waals surface area (Å²) >= 11 is 3.90. The van der Waals surface area contributed by atoms with E-state index in [0.717, 1.165) is 37.3 Å². The van der Waals surface area contributed by atoms with Gasteiger partial charge in [-0.2, -0.15) is 11.8 Å². The number of nitrogens with zero attached hydrogens (tertiary/aromatic N) is 3. The van der Waals surface area contributed by atoms with Crippen molar-refractivity contribution < 1.29 is 0 Å². The molecule has 4 nitrogen and oxygen atoms in total. The minimum atomic E-state index is 0. The molecule has 7 heteroatoms. The monoisotopic (exact) mass is 468 g/mol. The van der Waals surface area contributed by atoms with Crippen LogP contribution in [0.15, 0.2) is 11.2 Å². The van der Waals surface area contributed by atoms with Gasteiger partial charge in [0.25, 0.3) is 0 Å². The first-order valence-corrected chi connectivity index (χ1v) is 9.99. The summed E-state index contributed by atoms with van der Waals surface area (Å²) in [6.07, 6.45) is 4.30. The van der Waals surface area contributed by atoms with Crippen molar-refractivity contribution in [2.75, 3.05) is 25.9 Å². The number of aromatic nitrogens is 1. The minimum Gasteiger partial charge on any atom is -0.351 e. The van der Waals surface area contributed by atoms with E-state index in [1.165, 1.54) is 22.1 Å². The maximum Gasteiger partial charge on any atom is 0.194 e. The number of halogens is 1. The number of thioether (sulfide) groups is 1. The topological polar surface area (TPSA) is 40.5 Å². The highest BCUT2D eigenvalue weighted by molar-refractivity contribution is 14.0. The lowest BCUT2D eigenvalue weighted by molar-refractivity contribution is 0.408. The van der Waals surface area contributed by atoms with Gasteiger partial charge in [0, 0.05) is 48.6 Å². The smallest absolute Gasteiger partial charge is 0.194 e.